The Morgan fingerprint density at radius 3 is 2.58 bits per heavy atom. The number of piperidine rings is 1. The molecule has 1 aliphatic rings. The second-order valence-electron chi connectivity index (χ2n) is 6.68. The summed E-state index contributed by atoms with van der Waals surface area (Å²) in [5, 5.41) is 8.67. The van der Waals surface area contributed by atoms with E-state index in [1.165, 1.54) is 31.5 Å². The fourth-order valence-electron chi connectivity index (χ4n) is 3.37. The highest BCUT2D eigenvalue weighted by atomic mass is 35.5. The number of nitrogens with one attached hydrogen (secondary N) is 1. The van der Waals surface area contributed by atoms with Crippen molar-refractivity contribution in [3.63, 3.8) is 0 Å². The minimum absolute atomic E-state index is 0.743. The van der Waals surface area contributed by atoms with Gasteiger partial charge in [0, 0.05) is 38.1 Å². The number of hydrogen-bond donors (Lipinski definition) is 1. The van der Waals surface area contributed by atoms with Crippen molar-refractivity contribution in [2.45, 2.75) is 32.9 Å². The van der Waals surface area contributed by atoms with E-state index in [0.29, 0.717) is 0 Å². The molecule has 0 atom stereocenters. The van der Waals surface area contributed by atoms with Crippen molar-refractivity contribution in [1.82, 2.24) is 25.0 Å². The lowest BCUT2D eigenvalue weighted by molar-refractivity contribution is 0.175. The number of pyridine rings is 1. The zero-order chi connectivity index (χ0) is 16.9. The van der Waals surface area contributed by atoms with Gasteiger partial charge in [0.1, 0.15) is 5.15 Å². The van der Waals surface area contributed by atoms with Gasteiger partial charge in [-0.05, 0) is 63.0 Å². The van der Waals surface area contributed by atoms with Crippen LogP contribution in [0, 0.1) is 12.8 Å². The molecule has 1 N–H and O–H groups in total. The summed E-state index contributed by atoms with van der Waals surface area (Å²) >= 11 is 6.28. The molecule has 0 unspecified atom stereocenters. The van der Waals surface area contributed by atoms with Gasteiger partial charge in [0.15, 0.2) is 0 Å². The van der Waals surface area contributed by atoms with Crippen LogP contribution in [0.2, 0.25) is 5.15 Å². The van der Waals surface area contributed by atoms with E-state index < -0.39 is 0 Å². The molecule has 1 aliphatic heterocycles. The van der Waals surface area contributed by atoms with Crippen LogP contribution in [-0.4, -0.2) is 39.3 Å². The van der Waals surface area contributed by atoms with Crippen molar-refractivity contribution >= 4 is 11.6 Å². The van der Waals surface area contributed by atoms with Gasteiger partial charge in [0.25, 0.3) is 0 Å². The van der Waals surface area contributed by atoms with E-state index in [1.807, 2.05) is 26.4 Å². The van der Waals surface area contributed by atoms with Gasteiger partial charge in [-0.25, -0.2) is 0 Å². The third kappa shape index (κ3) is 4.35. The topological polar surface area (TPSA) is 46.0 Å². The van der Waals surface area contributed by atoms with Gasteiger partial charge < -0.3 is 5.32 Å². The maximum Gasteiger partial charge on any atom is 0.131 e. The highest BCUT2D eigenvalue weighted by molar-refractivity contribution is 6.30. The summed E-state index contributed by atoms with van der Waals surface area (Å²) in [6, 6.07) is 4.21. The maximum atomic E-state index is 6.28. The number of aromatic nitrogens is 3. The predicted octanol–water partition coefficient (Wildman–Crippen LogP) is 2.78. The number of aryl methyl sites for hydroxylation is 2. The summed E-state index contributed by atoms with van der Waals surface area (Å²) < 4.78 is 1.74. The average molecular weight is 348 g/mol. The van der Waals surface area contributed by atoms with Crippen LogP contribution in [0.4, 0.5) is 0 Å². The highest BCUT2D eigenvalue weighted by Gasteiger charge is 2.19. The van der Waals surface area contributed by atoms with E-state index in [2.05, 4.69) is 32.4 Å². The van der Waals surface area contributed by atoms with Crippen LogP contribution in [0.5, 0.6) is 0 Å². The van der Waals surface area contributed by atoms with Crippen molar-refractivity contribution in [2.24, 2.45) is 13.0 Å². The van der Waals surface area contributed by atoms with E-state index in [9.17, 15) is 0 Å². The molecule has 2 aromatic heterocycles. The van der Waals surface area contributed by atoms with Crippen molar-refractivity contribution < 1.29 is 0 Å². The van der Waals surface area contributed by atoms with Gasteiger partial charge in [-0.3, -0.25) is 14.6 Å². The van der Waals surface area contributed by atoms with Crippen LogP contribution >= 0.6 is 11.6 Å². The molecular formula is C18H26ClN5. The fraction of sp³-hybridized carbons (Fsp3) is 0.556. The summed E-state index contributed by atoms with van der Waals surface area (Å²) in [6.45, 7) is 7.24. The van der Waals surface area contributed by atoms with Gasteiger partial charge in [-0.15, -0.1) is 0 Å². The van der Waals surface area contributed by atoms with Crippen LogP contribution in [0.25, 0.3) is 0 Å². The van der Waals surface area contributed by atoms with Crippen LogP contribution in [0.3, 0.4) is 0 Å². The third-order valence-electron chi connectivity index (χ3n) is 4.87. The van der Waals surface area contributed by atoms with Crippen LogP contribution in [0.15, 0.2) is 24.5 Å². The van der Waals surface area contributed by atoms with E-state index in [4.69, 9.17) is 11.6 Å². The Labute approximate surface area is 149 Å². The standard InChI is InChI=1S/C18H26ClN5/c1-14-17(18(19)23(2)22-14)12-21-11-15-5-9-24(10-6-15)13-16-3-7-20-8-4-16/h3-4,7-8,15,21H,5-6,9-13H2,1-2H3. The molecule has 3 heterocycles. The normalized spacial score (nSPS) is 16.6. The Hall–Kier alpha value is -1.43. The summed E-state index contributed by atoms with van der Waals surface area (Å²) in [5.41, 5.74) is 3.49. The lowest BCUT2D eigenvalue weighted by atomic mass is 9.96. The molecule has 0 saturated carbocycles. The van der Waals surface area contributed by atoms with Crippen molar-refractivity contribution in [3.05, 3.63) is 46.5 Å². The Balaban J connectivity index is 1.39. The lowest BCUT2D eigenvalue weighted by Crippen LogP contribution is -2.36. The molecule has 0 aromatic carbocycles. The quantitative estimate of drug-likeness (QED) is 0.872. The van der Waals surface area contributed by atoms with E-state index >= 15 is 0 Å². The second-order valence-corrected chi connectivity index (χ2v) is 7.04. The predicted molar refractivity (Wildman–Crippen MR) is 96.9 cm³/mol. The van der Waals surface area contributed by atoms with E-state index in [1.54, 1.807) is 4.68 Å². The summed E-state index contributed by atoms with van der Waals surface area (Å²) in [5.74, 6) is 0.745. The van der Waals surface area contributed by atoms with Crippen molar-refractivity contribution in [3.8, 4) is 0 Å². The average Bonchev–Trinajstić information content (AvgIpc) is 2.83. The molecule has 3 rings (SSSR count). The molecule has 2 aromatic rings. The smallest absolute Gasteiger partial charge is 0.131 e. The zero-order valence-corrected chi connectivity index (χ0v) is 15.3. The van der Waals surface area contributed by atoms with Gasteiger partial charge in [0.2, 0.25) is 0 Å². The fourth-order valence-corrected chi connectivity index (χ4v) is 3.61. The molecular weight excluding hydrogens is 322 g/mol. The van der Waals surface area contributed by atoms with Crippen LogP contribution in [0.1, 0.15) is 29.7 Å². The zero-order valence-electron chi connectivity index (χ0n) is 14.5. The number of nitrogens with zero attached hydrogens (tertiary/aromatic N) is 4. The highest BCUT2D eigenvalue weighted by Crippen LogP contribution is 2.20. The van der Waals surface area contributed by atoms with Crippen LogP contribution < -0.4 is 5.32 Å². The Bertz CT molecular complexity index is 647. The Kier molecular flexibility index (Phi) is 5.87. The van der Waals surface area contributed by atoms with Crippen molar-refractivity contribution in [1.29, 1.82) is 0 Å². The third-order valence-corrected chi connectivity index (χ3v) is 5.34. The van der Waals surface area contributed by atoms with Gasteiger partial charge in [-0.2, -0.15) is 5.10 Å². The molecule has 0 aliphatic carbocycles. The summed E-state index contributed by atoms with van der Waals surface area (Å²) in [6.07, 6.45) is 6.24. The summed E-state index contributed by atoms with van der Waals surface area (Å²) in [4.78, 5) is 6.62. The first-order valence-electron chi connectivity index (χ1n) is 8.63. The Morgan fingerprint density at radius 1 is 1.25 bits per heavy atom. The molecule has 1 saturated heterocycles. The first-order valence-corrected chi connectivity index (χ1v) is 9.01. The minimum atomic E-state index is 0.743. The Morgan fingerprint density at radius 2 is 1.96 bits per heavy atom. The van der Waals surface area contributed by atoms with Gasteiger partial charge in [-0.1, -0.05) is 11.6 Å². The summed E-state index contributed by atoms with van der Waals surface area (Å²) in [7, 11) is 1.89. The molecule has 5 nitrogen and oxygen atoms in total. The monoisotopic (exact) mass is 347 g/mol. The molecule has 0 amide bonds. The second kappa shape index (κ2) is 8.10. The van der Waals surface area contributed by atoms with E-state index in [0.717, 1.165) is 42.0 Å². The molecule has 1 fully saturated rings. The first-order chi connectivity index (χ1) is 11.6. The van der Waals surface area contributed by atoms with Crippen molar-refractivity contribution in [2.75, 3.05) is 19.6 Å². The molecule has 6 heteroatoms. The number of halogens is 1. The van der Waals surface area contributed by atoms with E-state index in [-0.39, 0.29) is 0 Å². The minimum Gasteiger partial charge on any atom is -0.312 e. The molecule has 0 bridgehead atoms. The first kappa shape index (κ1) is 17.4. The van der Waals surface area contributed by atoms with Gasteiger partial charge >= 0.3 is 0 Å². The van der Waals surface area contributed by atoms with Crippen LogP contribution in [-0.2, 0) is 20.1 Å². The number of hydrogen-bond acceptors (Lipinski definition) is 4. The largest absolute Gasteiger partial charge is 0.312 e. The number of rotatable bonds is 6. The molecule has 0 spiro atoms. The molecule has 24 heavy (non-hydrogen) atoms. The number of likely N-dealkylation sites (tertiary alicyclic amines) is 1. The SMILES string of the molecule is Cc1nn(C)c(Cl)c1CNCC1CCN(Cc2ccncc2)CC1. The van der Waals surface area contributed by atoms with Gasteiger partial charge in [0.05, 0.1) is 5.69 Å². The maximum absolute atomic E-state index is 6.28. The lowest BCUT2D eigenvalue weighted by Gasteiger charge is -2.32. The molecule has 130 valence electrons. The molecule has 0 radical (unpaired) electrons.